The maximum atomic E-state index is 12.0. The van der Waals surface area contributed by atoms with E-state index in [0.29, 0.717) is 12.5 Å². The third kappa shape index (κ3) is 4.64. The molecule has 1 aliphatic heterocycles. The van der Waals surface area contributed by atoms with E-state index in [1.54, 1.807) is 0 Å². The van der Waals surface area contributed by atoms with Crippen LogP contribution < -0.4 is 10.6 Å². The van der Waals surface area contributed by atoms with Crippen LogP contribution >= 0.6 is 0 Å². The van der Waals surface area contributed by atoms with E-state index in [1.165, 1.54) is 30.4 Å². The fraction of sp³-hybridized carbons (Fsp3) is 0.588. The summed E-state index contributed by atoms with van der Waals surface area (Å²) in [5.74, 6) is 0.158. The Morgan fingerprint density at radius 1 is 1.35 bits per heavy atom. The first-order valence-electron chi connectivity index (χ1n) is 7.74. The molecule has 110 valence electrons. The highest BCUT2D eigenvalue weighted by Crippen LogP contribution is 2.15. The van der Waals surface area contributed by atoms with Gasteiger partial charge in [0.15, 0.2) is 0 Å². The minimum Gasteiger partial charge on any atom is -0.350 e. The number of rotatable bonds is 5. The molecular formula is C17H26N2O. The van der Waals surface area contributed by atoms with Crippen LogP contribution in [0, 0.1) is 6.92 Å². The average molecular weight is 274 g/mol. The highest BCUT2D eigenvalue weighted by atomic mass is 16.1. The zero-order valence-corrected chi connectivity index (χ0v) is 12.6. The normalized spacial score (nSPS) is 20.4. The molecule has 0 spiro atoms. The Bertz CT molecular complexity index is 421. The van der Waals surface area contributed by atoms with Crippen molar-refractivity contribution in [2.75, 3.05) is 6.54 Å². The second-order valence-corrected chi connectivity index (χ2v) is 5.89. The molecule has 0 bridgehead atoms. The van der Waals surface area contributed by atoms with Crippen molar-refractivity contribution in [3.8, 4) is 0 Å². The third-order valence-corrected chi connectivity index (χ3v) is 4.09. The van der Waals surface area contributed by atoms with Gasteiger partial charge in [0.05, 0.1) is 6.04 Å². The second-order valence-electron chi connectivity index (χ2n) is 5.89. The number of hydrogen-bond donors (Lipinski definition) is 2. The van der Waals surface area contributed by atoms with Gasteiger partial charge < -0.3 is 10.6 Å². The summed E-state index contributed by atoms with van der Waals surface area (Å²) in [6.07, 6.45) is 5.34. The fourth-order valence-electron chi connectivity index (χ4n) is 2.73. The van der Waals surface area contributed by atoms with E-state index in [9.17, 15) is 4.79 Å². The van der Waals surface area contributed by atoms with E-state index >= 15 is 0 Å². The van der Waals surface area contributed by atoms with Crippen LogP contribution in [0.2, 0.25) is 0 Å². The Labute approximate surface area is 122 Å². The molecular weight excluding hydrogens is 248 g/mol. The lowest BCUT2D eigenvalue weighted by Gasteiger charge is -2.23. The zero-order chi connectivity index (χ0) is 14.4. The Morgan fingerprint density at radius 2 is 2.10 bits per heavy atom. The molecule has 1 amide bonds. The van der Waals surface area contributed by atoms with Gasteiger partial charge in [-0.3, -0.25) is 4.79 Å². The largest absolute Gasteiger partial charge is 0.350 e. The Balaban J connectivity index is 1.74. The van der Waals surface area contributed by atoms with Gasteiger partial charge in [0.1, 0.15) is 0 Å². The highest BCUT2D eigenvalue weighted by molar-refractivity contribution is 5.76. The number of aryl methyl sites for hydroxylation is 1. The van der Waals surface area contributed by atoms with Crippen molar-refractivity contribution < 1.29 is 4.79 Å². The van der Waals surface area contributed by atoms with Crippen LogP contribution in [0.15, 0.2) is 24.3 Å². The molecule has 0 aromatic heterocycles. The first-order valence-corrected chi connectivity index (χ1v) is 7.74. The standard InChI is InChI=1S/C17H26N2O/c1-13-6-8-15(9-7-13)14(2)19-17(20)11-10-16-5-3-4-12-18-16/h6-9,14,16,18H,3-5,10-12H2,1-2H3,(H,19,20)/t14-,16?/m1/s1. The van der Waals surface area contributed by atoms with Crippen molar-refractivity contribution >= 4 is 5.91 Å². The van der Waals surface area contributed by atoms with Gasteiger partial charge in [-0.2, -0.15) is 0 Å². The van der Waals surface area contributed by atoms with Crippen molar-refractivity contribution in [2.45, 2.75) is 58.0 Å². The molecule has 2 rings (SSSR count). The van der Waals surface area contributed by atoms with Gasteiger partial charge in [-0.15, -0.1) is 0 Å². The number of benzene rings is 1. The Hall–Kier alpha value is -1.35. The van der Waals surface area contributed by atoms with E-state index in [4.69, 9.17) is 0 Å². The first-order chi connectivity index (χ1) is 9.65. The molecule has 0 radical (unpaired) electrons. The van der Waals surface area contributed by atoms with Crippen LogP contribution in [0.5, 0.6) is 0 Å². The van der Waals surface area contributed by atoms with Gasteiger partial charge in [0, 0.05) is 12.5 Å². The third-order valence-electron chi connectivity index (χ3n) is 4.09. The molecule has 20 heavy (non-hydrogen) atoms. The summed E-state index contributed by atoms with van der Waals surface area (Å²) in [6, 6.07) is 8.96. The topological polar surface area (TPSA) is 41.1 Å². The SMILES string of the molecule is Cc1ccc([C@@H](C)NC(=O)CCC2CCCCN2)cc1. The van der Waals surface area contributed by atoms with Gasteiger partial charge in [-0.1, -0.05) is 36.2 Å². The quantitative estimate of drug-likeness (QED) is 0.866. The van der Waals surface area contributed by atoms with E-state index < -0.39 is 0 Å². The van der Waals surface area contributed by atoms with Crippen molar-refractivity contribution in [3.63, 3.8) is 0 Å². The maximum absolute atomic E-state index is 12.0. The molecule has 2 N–H and O–H groups in total. The van der Waals surface area contributed by atoms with Crippen LogP contribution in [0.25, 0.3) is 0 Å². The molecule has 1 unspecified atom stereocenters. The van der Waals surface area contributed by atoms with Gasteiger partial charge >= 0.3 is 0 Å². The lowest BCUT2D eigenvalue weighted by molar-refractivity contribution is -0.122. The van der Waals surface area contributed by atoms with Gasteiger partial charge in [0.2, 0.25) is 5.91 Å². The number of carbonyl (C=O) groups excluding carboxylic acids is 1. The van der Waals surface area contributed by atoms with Gasteiger partial charge in [-0.25, -0.2) is 0 Å². The predicted molar refractivity (Wildman–Crippen MR) is 82.6 cm³/mol. The predicted octanol–water partition coefficient (Wildman–Crippen LogP) is 3.09. The van der Waals surface area contributed by atoms with Crippen molar-refractivity contribution in [2.24, 2.45) is 0 Å². The lowest BCUT2D eigenvalue weighted by atomic mass is 10.00. The van der Waals surface area contributed by atoms with E-state index in [2.05, 4.69) is 41.8 Å². The molecule has 2 atom stereocenters. The minimum atomic E-state index is 0.0856. The maximum Gasteiger partial charge on any atom is 0.220 e. The van der Waals surface area contributed by atoms with E-state index in [-0.39, 0.29) is 11.9 Å². The van der Waals surface area contributed by atoms with E-state index in [0.717, 1.165) is 13.0 Å². The number of nitrogens with one attached hydrogen (secondary N) is 2. The van der Waals surface area contributed by atoms with Crippen LogP contribution in [0.1, 0.15) is 56.2 Å². The zero-order valence-electron chi connectivity index (χ0n) is 12.6. The van der Waals surface area contributed by atoms with Crippen LogP contribution in [0.3, 0.4) is 0 Å². The van der Waals surface area contributed by atoms with Crippen molar-refractivity contribution in [3.05, 3.63) is 35.4 Å². The van der Waals surface area contributed by atoms with Crippen LogP contribution in [-0.2, 0) is 4.79 Å². The van der Waals surface area contributed by atoms with Gasteiger partial charge in [-0.05, 0) is 45.2 Å². The second kappa shape index (κ2) is 7.44. The molecule has 1 saturated heterocycles. The summed E-state index contributed by atoms with van der Waals surface area (Å²) in [4.78, 5) is 12.0. The molecule has 1 aromatic carbocycles. The highest BCUT2D eigenvalue weighted by Gasteiger charge is 2.15. The molecule has 3 heteroatoms. The molecule has 1 aliphatic rings. The molecule has 1 fully saturated rings. The number of hydrogen-bond acceptors (Lipinski definition) is 2. The summed E-state index contributed by atoms with van der Waals surface area (Å²) in [5, 5.41) is 6.57. The first kappa shape index (κ1) is 15.0. The van der Waals surface area contributed by atoms with Crippen LogP contribution in [0.4, 0.5) is 0 Å². The smallest absolute Gasteiger partial charge is 0.220 e. The minimum absolute atomic E-state index is 0.0856. The molecule has 1 aromatic rings. The number of piperidine rings is 1. The van der Waals surface area contributed by atoms with Crippen LogP contribution in [-0.4, -0.2) is 18.5 Å². The number of amides is 1. The molecule has 0 saturated carbocycles. The molecule has 1 heterocycles. The Kier molecular flexibility index (Phi) is 5.60. The summed E-state index contributed by atoms with van der Waals surface area (Å²) in [7, 11) is 0. The average Bonchev–Trinajstić information content (AvgIpc) is 2.47. The number of carbonyl (C=O) groups is 1. The van der Waals surface area contributed by atoms with Crippen molar-refractivity contribution in [1.29, 1.82) is 0 Å². The summed E-state index contributed by atoms with van der Waals surface area (Å²) in [5.41, 5.74) is 2.41. The monoisotopic (exact) mass is 274 g/mol. The Morgan fingerprint density at radius 3 is 2.75 bits per heavy atom. The summed E-state index contributed by atoms with van der Waals surface area (Å²) in [6.45, 7) is 5.22. The molecule has 0 aliphatic carbocycles. The van der Waals surface area contributed by atoms with E-state index in [1.807, 2.05) is 6.92 Å². The molecule has 3 nitrogen and oxygen atoms in total. The summed E-state index contributed by atoms with van der Waals surface area (Å²) < 4.78 is 0. The lowest BCUT2D eigenvalue weighted by Crippen LogP contribution is -2.35. The summed E-state index contributed by atoms with van der Waals surface area (Å²) >= 11 is 0. The fourth-order valence-corrected chi connectivity index (χ4v) is 2.73. The van der Waals surface area contributed by atoms with Crippen molar-refractivity contribution in [1.82, 2.24) is 10.6 Å². The van der Waals surface area contributed by atoms with Gasteiger partial charge in [0.25, 0.3) is 0 Å².